The lowest BCUT2D eigenvalue weighted by Gasteiger charge is -2.33. The predicted molar refractivity (Wildman–Crippen MR) is 66.7 cm³/mol. The number of aryl methyl sites for hydroxylation is 2. The van der Waals surface area contributed by atoms with Gasteiger partial charge in [0, 0.05) is 11.4 Å². The van der Waals surface area contributed by atoms with Gasteiger partial charge < -0.3 is 5.11 Å². The Balaban J connectivity index is 1.95. The Morgan fingerprint density at radius 1 is 1.50 bits per heavy atom. The van der Waals surface area contributed by atoms with Crippen molar-refractivity contribution in [3.8, 4) is 0 Å². The normalized spacial score (nSPS) is 27.2. The number of piperidine rings is 1. The minimum absolute atomic E-state index is 0.170. The minimum atomic E-state index is -0.170. The molecule has 16 heavy (non-hydrogen) atoms. The van der Waals surface area contributed by atoms with E-state index in [9.17, 15) is 5.11 Å². The fourth-order valence-electron chi connectivity index (χ4n) is 2.06. The van der Waals surface area contributed by atoms with Crippen LogP contribution in [0, 0.1) is 19.8 Å². The lowest BCUT2D eigenvalue weighted by atomic mass is 9.96. The Labute approximate surface area is 101 Å². The van der Waals surface area contributed by atoms with E-state index in [1.807, 2.05) is 0 Å². The minimum Gasteiger partial charge on any atom is -0.392 e. The average Bonchev–Trinajstić information content (AvgIpc) is 2.52. The van der Waals surface area contributed by atoms with Crippen molar-refractivity contribution in [2.75, 3.05) is 13.1 Å². The van der Waals surface area contributed by atoms with Crippen LogP contribution in [0.2, 0.25) is 0 Å². The van der Waals surface area contributed by atoms with Crippen LogP contribution in [0.4, 0.5) is 0 Å². The molecule has 0 aromatic carbocycles. The largest absolute Gasteiger partial charge is 0.392 e. The third-order valence-electron chi connectivity index (χ3n) is 3.43. The highest BCUT2D eigenvalue weighted by Gasteiger charge is 2.24. The first kappa shape index (κ1) is 12.0. The summed E-state index contributed by atoms with van der Waals surface area (Å²) in [7, 11) is 0. The molecule has 1 aliphatic heterocycles. The number of aliphatic hydroxyl groups excluding tert-OH is 1. The monoisotopic (exact) mass is 240 g/mol. The Kier molecular flexibility index (Phi) is 3.62. The number of aliphatic hydroxyl groups is 1. The Morgan fingerprint density at radius 3 is 2.81 bits per heavy atom. The van der Waals surface area contributed by atoms with Crippen LogP contribution in [-0.2, 0) is 6.54 Å². The maximum absolute atomic E-state index is 9.83. The van der Waals surface area contributed by atoms with Gasteiger partial charge >= 0.3 is 0 Å². The van der Waals surface area contributed by atoms with E-state index < -0.39 is 0 Å². The summed E-state index contributed by atoms with van der Waals surface area (Å²) in [6, 6.07) is 0. The molecule has 2 rings (SSSR count). The molecule has 2 heterocycles. The summed E-state index contributed by atoms with van der Waals surface area (Å²) < 4.78 is 0. The zero-order chi connectivity index (χ0) is 11.7. The Hall–Kier alpha value is -0.450. The summed E-state index contributed by atoms with van der Waals surface area (Å²) >= 11 is 1.78. The summed E-state index contributed by atoms with van der Waals surface area (Å²) in [5.74, 6) is 0.441. The van der Waals surface area contributed by atoms with E-state index >= 15 is 0 Å². The maximum atomic E-state index is 9.83. The fourth-order valence-corrected chi connectivity index (χ4v) is 3.03. The molecule has 0 spiro atoms. The van der Waals surface area contributed by atoms with E-state index in [4.69, 9.17) is 0 Å². The van der Waals surface area contributed by atoms with Crippen LogP contribution < -0.4 is 0 Å². The van der Waals surface area contributed by atoms with Crippen molar-refractivity contribution >= 4 is 11.3 Å². The number of hydrogen-bond acceptors (Lipinski definition) is 4. The molecule has 1 fully saturated rings. The van der Waals surface area contributed by atoms with Gasteiger partial charge in [0.15, 0.2) is 0 Å². The lowest BCUT2D eigenvalue weighted by molar-refractivity contribution is 0.0259. The van der Waals surface area contributed by atoms with E-state index in [0.717, 1.165) is 31.7 Å². The zero-order valence-electron chi connectivity index (χ0n) is 10.2. The molecular formula is C12H20N2OS. The second kappa shape index (κ2) is 4.82. The molecule has 0 radical (unpaired) electrons. The van der Waals surface area contributed by atoms with Crippen LogP contribution >= 0.6 is 11.3 Å². The zero-order valence-corrected chi connectivity index (χ0v) is 11.0. The summed E-state index contributed by atoms with van der Waals surface area (Å²) in [6.45, 7) is 9.06. The molecule has 2 atom stereocenters. The number of nitrogens with zero attached hydrogens (tertiary/aromatic N) is 2. The van der Waals surface area contributed by atoms with Crippen LogP contribution in [0.5, 0.6) is 0 Å². The smallest absolute Gasteiger partial charge is 0.107 e. The SMILES string of the molecule is Cc1nc(CN2CCC(C)C(O)C2)sc1C. The molecule has 1 N–H and O–H groups in total. The highest BCUT2D eigenvalue weighted by Crippen LogP contribution is 2.22. The number of hydrogen-bond donors (Lipinski definition) is 1. The summed E-state index contributed by atoms with van der Waals surface area (Å²) in [5, 5.41) is 11.0. The molecule has 1 aromatic rings. The molecule has 3 nitrogen and oxygen atoms in total. The molecule has 0 saturated carbocycles. The van der Waals surface area contributed by atoms with Gasteiger partial charge in [-0.2, -0.15) is 0 Å². The Bertz CT molecular complexity index is 344. The van der Waals surface area contributed by atoms with Gasteiger partial charge in [-0.15, -0.1) is 11.3 Å². The van der Waals surface area contributed by atoms with E-state index in [1.165, 1.54) is 9.88 Å². The van der Waals surface area contributed by atoms with E-state index in [2.05, 4.69) is 30.7 Å². The first-order chi connectivity index (χ1) is 7.56. The van der Waals surface area contributed by atoms with Gasteiger partial charge in [0.05, 0.1) is 18.3 Å². The third kappa shape index (κ3) is 2.62. The third-order valence-corrected chi connectivity index (χ3v) is 4.49. The predicted octanol–water partition coefficient (Wildman–Crippen LogP) is 1.96. The number of rotatable bonds is 2. The molecule has 90 valence electrons. The topological polar surface area (TPSA) is 36.4 Å². The van der Waals surface area contributed by atoms with E-state index in [-0.39, 0.29) is 6.10 Å². The van der Waals surface area contributed by atoms with Crippen molar-refractivity contribution in [3.05, 3.63) is 15.6 Å². The summed E-state index contributed by atoms with van der Waals surface area (Å²) in [4.78, 5) is 8.16. The molecule has 0 bridgehead atoms. The molecule has 1 saturated heterocycles. The molecular weight excluding hydrogens is 220 g/mol. The van der Waals surface area contributed by atoms with Crippen LogP contribution in [0.1, 0.15) is 28.9 Å². The van der Waals surface area contributed by atoms with Gasteiger partial charge in [-0.1, -0.05) is 6.92 Å². The summed E-state index contributed by atoms with van der Waals surface area (Å²) in [6.07, 6.45) is 0.917. The van der Waals surface area contributed by atoms with Gasteiger partial charge in [-0.3, -0.25) is 4.90 Å². The Morgan fingerprint density at radius 2 is 2.25 bits per heavy atom. The first-order valence-electron chi connectivity index (χ1n) is 5.89. The van der Waals surface area contributed by atoms with E-state index in [0.29, 0.717) is 5.92 Å². The molecule has 4 heteroatoms. The van der Waals surface area contributed by atoms with Crippen LogP contribution in [0.15, 0.2) is 0 Å². The van der Waals surface area contributed by atoms with Crippen molar-refractivity contribution < 1.29 is 5.11 Å². The number of thiazole rings is 1. The van der Waals surface area contributed by atoms with Crippen molar-refractivity contribution in [3.63, 3.8) is 0 Å². The fraction of sp³-hybridized carbons (Fsp3) is 0.750. The van der Waals surface area contributed by atoms with Crippen molar-refractivity contribution in [1.29, 1.82) is 0 Å². The van der Waals surface area contributed by atoms with E-state index in [1.54, 1.807) is 11.3 Å². The standard InChI is InChI=1S/C12H20N2OS/c1-8-4-5-14(6-11(8)15)7-12-13-9(2)10(3)16-12/h8,11,15H,4-7H2,1-3H3. The van der Waals surface area contributed by atoms with Crippen molar-refractivity contribution in [1.82, 2.24) is 9.88 Å². The van der Waals surface area contributed by atoms with Gasteiger partial charge in [-0.05, 0) is 32.7 Å². The molecule has 1 aromatic heterocycles. The maximum Gasteiger partial charge on any atom is 0.107 e. The van der Waals surface area contributed by atoms with Crippen LogP contribution in [0.3, 0.4) is 0 Å². The first-order valence-corrected chi connectivity index (χ1v) is 6.71. The van der Waals surface area contributed by atoms with Crippen molar-refractivity contribution in [2.45, 2.75) is 39.8 Å². The molecule has 0 amide bonds. The molecule has 1 aliphatic rings. The number of likely N-dealkylation sites (tertiary alicyclic amines) is 1. The number of aromatic nitrogens is 1. The van der Waals surface area contributed by atoms with Gasteiger partial charge in [0.2, 0.25) is 0 Å². The number of β-amino-alcohol motifs (C(OH)–C–C–N with tert-alkyl or cyclic N) is 1. The second-order valence-corrected chi connectivity index (χ2v) is 6.11. The lowest BCUT2D eigenvalue weighted by Crippen LogP contribution is -2.42. The van der Waals surface area contributed by atoms with Gasteiger partial charge in [-0.25, -0.2) is 4.98 Å². The average molecular weight is 240 g/mol. The highest BCUT2D eigenvalue weighted by atomic mass is 32.1. The molecule has 2 unspecified atom stereocenters. The van der Waals surface area contributed by atoms with Crippen LogP contribution in [-0.4, -0.2) is 34.2 Å². The van der Waals surface area contributed by atoms with Gasteiger partial charge in [0.25, 0.3) is 0 Å². The highest BCUT2D eigenvalue weighted by molar-refractivity contribution is 7.11. The molecule has 0 aliphatic carbocycles. The summed E-state index contributed by atoms with van der Waals surface area (Å²) in [5.41, 5.74) is 1.14. The van der Waals surface area contributed by atoms with Crippen molar-refractivity contribution in [2.24, 2.45) is 5.92 Å². The quantitative estimate of drug-likeness (QED) is 0.858. The van der Waals surface area contributed by atoms with Gasteiger partial charge in [0.1, 0.15) is 5.01 Å². The van der Waals surface area contributed by atoms with Crippen LogP contribution in [0.25, 0.3) is 0 Å². The second-order valence-electron chi connectivity index (χ2n) is 4.82.